The maximum Gasteiger partial charge on any atom is 0.407 e. The highest BCUT2D eigenvalue weighted by molar-refractivity contribution is 6.98. The third-order valence-electron chi connectivity index (χ3n) is 17.0. The number of hydrogen-bond acceptors (Lipinski definition) is 9. The van der Waals surface area contributed by atoms with Crippen molar-refractivity contribution in [3.05, 3.63) is 146 Å². The molecule has 2 heterocycles. The molecule has 446 valence electrons. The molecule has 0 spiro atoms. The summed E-state index contributed by atoms with van der Waals surface area (Å²) in [6.07, 6.45) is 33.4. The molecule has 3 aromatic carbocycles. The molecule has 0 radical (unpaired) electrons. The minimum absolute atomic E-state index is 0.0573. The fourth-order valence-corrected chi connectivity index (χ4v) is 15.3. The van der Waals surface area contributed by atoms with E-state index >= 15 is 0 Å². The van der Waals surface area contributed by atoms with Crippen LogP contribution in [0.2, 0.25) is 13.1 Å². The summed E-state index contributed by atoms with van der Waals surface area (Å²) in [5, 5.41) is 37.3. The Kier molecular flexibility index (Phi) is 25.0. The molecule has 83 heavy (non-hydrogen) atoms. The summed E-state index contributed by atoms with van der Waals surface area (Å²) in [5.74, 6) is -1.31. The third kappa shape index (κ3) is 18.2. The summed E-state index contributed by atoms with van der Waals surface area (Å²) in [6, 6.07) is 19.1. The molecule has 4 aliphatic rings. The number of nitrogens with one attached hydrogen (secondary N) is 4. The maximum absolute atomic E-state index is 14.0. The zero-order chi connectivity index (χ0) is 59.1. The lowest BCUT2D eigenvalue weighted by atomic mass is 9.83. The minimum Gasteiger partial charge on any atom is -0.478 e. The number of alkyl carbamates (subject to hydrolysis) is 1. The number of ether oxygens (including phenoxy) is 1. The van der Waals surface area contributed by atoms with E-state index in [1.165, 1.54) is 80.2 Å². The molecular formula is C69H94N6O7Si. The molecule has 3 aromatic rings. The van der Waals surface area contributed by atoms with Crippen molar-refractivity contribution in [2.24, 2.45) is 16.0 Å². The lowest BCUT2D eigenvalue weighted by molar-refractivity contribution is -0.122. The Labute approximate surface area is 495 Å². The van der Waals surface area contributed by atoms with Gasteiger partial charge in [0.25, 0.3) is 5.91 Å². The van der Waals surface area contributed by atoms with E-state index in [2.05, 4.69) is 89.8 Å². The van der Waals surface area contributed by atoms with Crippen LogP contribution in [0, 0.1) is 12.8 Å². The molecule has 1 fully saturated rings. The molecule has 1 saturated carbocycles. The van der Waals surface area contributed by atoms with Crippen molar-refractivity contribution in [1.82, 2.24) is 21.4 Å². The van der Waals surface area contributed by atoms with Gasteiger partial charge in [0.15, 0.2) is 0 Å². The number of aryl methyl sites for hydroxylation is 1. The fraction of sp³-hybridized carbons (Fsp3) is 0.507. The number of nitrogens with zero attached hydrogens (tertiary/aromatic N) is 2. The summed E-state index contributed by atoms with van der Waals surface area (Å²) in [6.45, 7) is 14.4. The summed E-state index contributed by atoms with van der Waals surface area (Å²) in [4.78, 5) is 57.2. The molecular weight excluding hydrogens is 1050 g/mol. The number of benzene rings is 3. The van der Waals surface area contributed by atoms with Crippen molar-refractivity contribution in [2.45, 2.75) is 207 Å². The number of hydrazone groups is 1. The van der Waals surface area contributed by atoms with E-state index in [4.69, 9.17) is 9.73 Å². The van der Waals surface area contributed by atoms with Gasteiger partial charge in [-0.15, -0.1) is 0 Å². The van der Waals surface area contributed by atoms with E-state index in [0.29, 0.717) is 49.9 Å². The van der Waals surface area contributed by atoms with E-state index in [1.807, 2.05) is 56.5 Å². The van der Waals surface area contributed by atoms with E-state index in [1.54, 1.807) is 18.2 Å². The molecule has 13 nitrogen and oxygen atoms in total. The molecule has 4 atom stereocenters. The quantitative estimate of drug-likeness (QED) is 0.0216. The van der Waals surface area contributed by atoms with Gasteiger partial charge in [-0.25, -0.2) is 9.59 Å². The van der Waals surface area contributed by atoms with Gasteiger partial charge in [-0.2, -0.15) is 5.10 Å². The predicted octanol–water partition coefficient (Wildman–Crippen LogP) is 13.9. The Morgan fingerprint density at radius 2 is 1.57 bits per heavy atom. The van der Waals surface area contributed by atoms with Crippen LogP contribution in [0.3, 0.4) is 0 Å². The average Bonchev–Trinajstić information content (AvgIpc) is 1.48. The van der Waals surface area contributed by atoms with Gasteiger partial charge in [0, 0.05) is 43.8 Å². The number of carboxylic acid groups (broad SMARTS) is 1. The molecule has 3 amide bonds. The van der Waals surface area contributed by atoms with Crippen molar-refractivity contribution in [1.29, 1.82) is 0 Å². The Hall–Kier alpha value is -6.64. The van der Waals surface area contributed by atoms with E-state index in [9.17, 15) is 29.4 Å². The molecule has 2 unspecified atom stereocenters. The number of unbranched alkanes of at least 4 members (excludes halogenated alkanes) is 13. The Morgan fingerprint density at radius 1 is 0.831 bits per heavy atom. The second kappa shape index (κ2) is 32.4. The van der Waals surface area contributed by atoms with Gasteiger partial charge in [0.05, 0.1) is 29.1 Å². The number of carbonyl (C=O) groups excluding carboxylic acids is 3. The maximum atomic E-state index is 14.0. The van der Waals surface area contributed by atoms with Crippen molar-refractivity contribution < 1.29 is 34.1 Å². The number of amides is 3. The van der Waals surface area contributed by atoms with Crippen LogP contribution in [-0.2, 0) is 16.1 Å². The normalized spacial score (nSPS) is 18.5. The zero-order valence-electron chi connectivity index (χ0n) is 50.6. The molecule has 6 N–H and O–H groups in total. The molecule has 7 rings (SSSR count). The summed E-state index contributed by atoms with van der Waals surface area (Å²) in [5.41, 5.74) is 13.3. The first-order valence-corrected chi connectivity index (χ1v) is 34.4. The lowest BCUT2D eigenvalue weighted by Crippen LogP contribution is -2.49. The number of rotatable bonds is 30. The first-order valence-electron chi connectivity index (χ1n) is 31.4. The Morgan fingerprint density at radius 3 is 2.29 bits per heavy atom. The van der Waals surface area contributed by atoms with Gasteiger partial charge in [-0.3, -0.25) is 20.0 Å². The topological polar surface area (TPSA) is 191 Å². The van der Waals surface area contributed by atoms with Crippen LogP contribution in [0.25, 0.3) is 11.3 Å². The van der Waals surface area contributed by atoms with Crippen LogP contribution in [0.1, 0.15) is 211 Å². The fourth-order valence-electron chi connectivity index (χ4n) is 12.1. The number of fused-ring (bicyclic) bond motifs is 3. The zero-order valence-corrected chi connectivity index (χ0v) is 51.6. The van der Waals surface area contributed by atoms with E-state index < -0.39 is 26.2 Å². The summed E-state index contributed by atoms with van der Waals surface area (Å²) < 4.78 is 5.92. The van der Waals surface area contributed by atoms with Crippen molar-refractivity contribution >= 4 is 60.3 Å². The first kappa shape index (κ1) is 63.9. The molecule has 0 bridgehead atoms. The van der Waals surface area contributed by atoms with Crippen LogP contribution >= 0.6 is 0 Å². The van der Waals surface area contributed by atoms with Gasteiger partial charge in [0.2, 0.25) is 5.91 Å². The average molecular weight is 1150 g/mol. The SMILES string of the molecule is CCCCCCCCCCCCC/C=C/[C@@H](O)[C@H](CC)NC(=O)CCCCCNC(=O)OC1CCCC2=C(c3ccc(CNC(=O)c4ccc(C(=O)O)c(C5=C6C=C/C(=N\CC)C=C6[Si](C)(C)c6cc(C)ccc65)c4)cc3)NN=CC2CC1. The number of aliphatic imine (C=N–C) groups is 1. The molecule has 0 saturated heterocycles. The molecule has 0 aromatic heterocycles. The second-order valence-electron chi connectivity index (χ2n) is 23.7. The number of aliphatic hydroxyl groups excluding tert-OH is 1. The van der Waals surface area contributed by atoms with Crippen molar-refractivity contribution in [2.75, 3.05) is 13.1 Å². The monoisotopic (exact) mass is 1150 g/mol. The highest BCUT2D eigenvalue weighted by Crippen LogP contribution is 2.43. The number of aliphatic hydroxyl groups is 1. The molecule has 2 aliphatic carbocycles. The van der Waals surface area contributed by atoms with Crippen LogP contribution in [-0.4, -0.2) is 85.4 Å². The van der Waals surface area contributed by atoms with Gasteiger partial charge >= 0.3 is 12.1 Å². The van der Waals surface area contributed by atoms with Gasteiger partial charge < -0.3 is 30.9 Å². The van der Waals surface area contributed by atoms with Gasteiger partial charge in [-0.1, -0.05) is 164 Å². The minimum atomic E-state index is -2.23. The second-order valence-corrected chi connectivity index (χ2v) is 28.0. The highest BCUT2D eigenvalue weighted by Gasteiger charge is 2.40. The summed E-state index contributed by atoms with van der Waals surface area (Å²) >= 11 is 0. The Bertz CT molecular complexity index is 2930. The first-order chi connectivity index (χ1) is 40.2. The standard InChI is InChI=1S/C69H94N6O7Si/c1-7-10-11-12-13-14-15-16-17-18-19-20-22-28-61(76)60(8-2)74-64(77)29-23-21-24-42-71-69(81)82-54-26-25-27-55-52(35-38-54)47-73-75-66(55)50-33-31-49(32-34-50)46-72-67(78)51-36-40-56(68(79)80)59(44-51)65-57-39-30-48(4)43-62(57)83(5,6)63-45-53(70-9-3)37-41-58(63)65/h22,28,30-34,36-37,39-41,43-45,47,52,54,60-61,75-76H,7-21,23-27,29,35,38,42,46H2,1-6H3,(H,71,81)(H,72,78)(H,74,77)(H,79,80)/b28-22+,70-53+/t52?,54?,60-,61+/m0/s1. The number of carboxylic acids is 1. The third-order valence-corrected chi connectivity index (χ3v) is 20.5. The van der Waals surface area contributed by atoms with Crippen LogP contribution in [0.15, 0.2) is 117 Å². The van der Waals surface area contributed by atoms with Gasteiger partial charge in [-0.05, 0) is 158 Å². The van der Waals surface area contributed by atoms with E-state index in [-0.39, 0.29) is 42.0 Å². The largest absolute Gasteiger partial charge is 0.478 e. The lowest BCUT2D eigenvalue weighted by Gasteiger charge is -2.38. The van der Waals surface area contributed by atoms with E-state index in [0.717, 1.165) is 96.2 Å². The van der Waals surface area contributed by atoms with Crippen molar-refractivity contribution in [3.63, 3.8) is 0 Å². The number of hydrogen-bond donors (Lipinski definition) is 6. The summed E-state index contributed by atoms with van der Waals surface area (Å²) in [7, 11) is -2.23. The Balaban J connectivity index is 0.831. The molecule has 2 aliphatic heterocycles. The van der Waals surface area contributed by atoms with Crippen molar-refractivity contribution in [3.8, 4) is 0 Å². The van der Waals surface area contributed by atoms with Gasteiger partial charge in [0.1, 0.15) is 14.2 Å². The number of aromatic carboxylic acids is 1. The van der Waals surface area contributed by atoms with Crippen LogP contribution in [0.5, 0.6) is 0 Å². The van der Waals surface area contributed by atoms with Crippen LogP contribution < -0.4 is 26.6 Å². The number of allylic oxidation sites excluding steroid dienone is 7. The highest BCUT2D eigenvalue weighted by atomic mass is 28.3. The smallest absolute Gasteiger partial charge is 0.407 e. The predicted molar refractivity (Wildman–Crippen MR) is 341 cm³/mol. The van der Waals surface area contributed by atoms with Crippen LogP contribution in [0.4, 0.5) is 4.79 Å². The number of carbonyl (C=O) groups is 4. The molecule has 14 heteroatoms.